The van der Waals surface area contributed by atoms with Crippen molar-refractivity contribution in [2.75, 3.05) is 20.1 Å². The zero-order valence-electron chi connectivity index (χ0n) is 10.7. The maximum atomic E-state index is 13.4. The minimum absolute atomic E-state index is 0.220. The molecule has 104 valence electrons. The number of likely N-dealkylation sites (N-methyl/N-ethyl adjacent to an activating group) is 1. The van der Waals surface area contributed by atoms with E-state index < -0.39 is 23.2 Å². The Kier molecular flexibility index (Phi) is 5.35. The van der Waals surface area contributed by atoms with Gasteiger partial charge in [0.25, 0.3) is 5.91 Å². The normalized spacial score (nSPS) is 10.1. The Bertz CT molecular complexity index is 480. The van der Waals surface area contributed by atoms with Crippen molar-refractivity contribution in [3.8, 4) is 0 Å². The van der Waals surface area contributed by atoms with Crippen molar-refractivity contribution >= 4 is 11.8 Å². The van der Waals surface area contributed by atoms with Crippen molar-refractivity contribution in [3.63, 3.8) is 0 Å². The third-order valence-corrected chi connectivity index (χ3v) is 2.38. The molecular weight excluding hydrogens is 256 g/mol. The van der Waals surface area contributed by atoms with Crippen LogP contribution < -0.4 is 5.32 Å². The predicted octanol–water partition coefficient (Wildman–Crippen LogP) is 0.958. The molecule has 5 nitrogen and oxygen atoms in total. The molecule has 19 heavy (non-hydrogen) atoms. The third-order valence-electron chi connectivity index (χ3n) is 2.38. The summed E-state index contributed by atoms with van der Waals surface area (Å²) in [5.74, 6) is -3.78. The summed E-state index contributed by atoms with van der Waals surface area (Å²) in [5, 5.41) is 2.58. The third kappa shape index (κ3) is 3.97. The summed E-state index contributed by atoms with van der Waals surface area (Å²) in [7, 11) is 1.34. The fraction of sp³-hybridized carbons (Fsp3) is 0.417. The summed E-state index contributed by atoms with van der Waals surface area (Å²) in [6, 6.07) is 1.07. The van der Waals surface area contributed by atoms with Gasteiger partial charge in [-0.15, -0.1) is 0 Å². The van der Waals surface area contributed by atoms with Gasteiger partial charge in [-0.1, -0.05) is 6.92 Å². The number of amides is 2. The van der Waals surface area contributed by atoms with Crippen molar-refractivity contribution in [1.82, 2.24) is 15.2 Å². The first-order valence-corrected chi connectivity index (χ1v) is 5.79. The molecule has 2 amide bonds. The van der Waals surface area contributed by atoms with Crippen molar-refractivity contribution in [1.29, 1.82) is 0 Å². The summed E-state index contributed by atoms with van der Waals surface area (Å²) in [6.45, 7) is 2.17. The van der Waals surface area contributed by atoms with Crippen molar-refractivity contribution < 1.29 is 18.4 Å². The lowest BCUT2D eigenvalue weighted by Gasteiger charge is -2.17. The second-order valence-corrected chi connectivity index (χ2v) is 3.97. The fourth-order valence-corrected chi connectivity index (χ4v) is 1.40. The molecule has 1 rings (SSSR count). The maximum Gasteiger partial charge on any atom is 0.257 e. The molecule has 0 aromatic carbocycles. The zero-order valence-corrected chi connectivity index (χ0v) is 10.7. The Morgan fingerprint density at radius 3 is 2.74 bits per heavy atom. The van der Waals surface area contributed by atoms with Crippen LogP contribution in [0.25, 0.3) is 0 Å². The number of halogens is 2. The van der Waals surface area contributed by atoms with Crippen LogP contribution in [0.15, 0.2) is 12.3 Å². The van der Waals surface area contributed by atoms with Gasteiger partial charge in [0.1, 0.15) is 0 Å². The number of nitrogens with zero attached hydrogens (tertiary/aromatic N) is 2. The molecule has 0 saturated carbocycles. The van der Waals surface area contributed by atoms with E-state index in [-0.39, 0.29) is 12.5 Å². The SMILES string of the molecule is CCCNC(=O)CN(C)C(=O)c1ccnc(F)c1F. The number of hydrogen-bond acceptors (Lipinski definition) is 3. The first kappa shape index (κ1) is 15.0. The van der Waals surface area contributed by atoms with Gasteiger partial charge in [0.15, 0.2) is 5.82 Å². The Morgan fingerprint density at radius 1 is 1.42 bits per heavy atom. The minimum atomic E-state index is -1.34. The topological polar surface area (TPSA) is 62.3 Å². The van der Waals surface area contributed by atoms with Gasteiger partial charge in [-0.25, -0.2) is 9.37 Å². The summed E-state index contributed by atoms with van der Waals surface area (Å²) in [6.07, 6.45) is 1.77. The van der Waals surface area contributed by atoms with Crippen LogP contribution in [0.3, 0.4) is 0 Å². The van der Waals surface area contributed by atoms with Crippen LogP contribution in [0.2, 0.25) is 0 Å². The van der Waals surface area contributed by atoms with E-state index in [1.54, 1.807) is 0 Å². The highest BCUT2D eigenvalue weighted by atomic mass is 19.2. The highest BCUT2D eigenvalue weighted by Crippen LogP contribution is 2.10. The molecule has 7 heteroatoms. The number of carbonyl (C=O) groups is 2. The quantitative estimate of drug-likeness (QED) is 0.811. The average Bonchev–Trinajstić information content (AvgIpc) is 2.38. The Labute approximate surface area is 109 Å². The smallest absolute Gasteiger partial charge is 0.257 e. The van der Waals surface area contributed by atoms with E-state index in [2.05, 4.69) is 10.3 Å². The van der Waals surface area contributed by atoms with Crippen molar-refractivity contribution in [2.24, 2.45) is 0 Å². The maximum absolute atomic E-state index is 13.4. The number of carbonyl (C=O) groups excluding carboxylic acids is 2. The van der Waals surface area contributed by atoms with E-state index in [4.69, 9.17) is 0 Å². The number of hydrogen-bond donors (Lipinski definition) is 1. The van der Waals surface area contributed by atoms with Gasteiger partial charge in [-0.3, -0.25) is 9.59 Å². The molecule has 0 saturated heterocycles. The second-order valence-electron chi connectivity index (χ2n) is 3.97. The zero-order chi connectivity index (χ0) is 14.4. The molecule has 1 aromatic rings. The van der Waals surface area contributed by atoms with Crippen LogP contribution in [-0.4, -0.2) is 41.8 Å². The number of rotatable bonds is 5. The average molecular weight is 271 g/mol. The van der Waals surface area contributed by atoms with E-state index in [0.717, 1.165) is 23.6 Å². The molecule has 0 fully saturated rings. The Hall–Kier alpha value is -2.05. The van der Waals surface area contributed by atoms with Crippen LogP contribution in [0.1, 0.15) is 23.7 Å². The molecule has 0 atom stereocenters. The van der Waals surface area contributed by atoms with Gasteiger partial charge in [0.05, 0.1) is 12.1 Å². The van der Waals surface area contributed by atoms with Gasteiger partial charge >= 0.3 is 0 Å². The molecule has 1 heterocycles. The standard InChI is InChI=1S/C12H15F2N3O2/c1-3-5-15-9(18)7-17(2)12(19)8-4-6-16-11(14)10(8)13/h4,6H,3,5,7H2,1-2H3,(H,15,18). The van der Waals surface area contributed by atoms with Gasteiger partial charge in [0, 0.05) is 19.8 Å². The molecule has 0 spiro atoms. The lowest BCUT2D eigenvalue weighted by molar-refractivity contribution is -0.121. The van der Waals surface area contributed by atoms with Crippen LogP contribution in [0.5, 0.6) is 0 Å². The van der Waals surface area contributed by atoms with Crippen LogP contribution >= 0.6 is 0 Å². The van der Waals surface area contributed by atoms with Crippen molar-refractivity contribution in [3.05, 3.63) is 29.6 Å². The van der Waals surface area contributed by atoms with Crippen LogP contribution in [-0.2, 0) is 4.79 Å². The largest absolute Gasteiger partial charge is 0.355 e. The highest BCUT2D eigenvalue weighted by Gasteiger charge is 2.20. The fourth-order valence-electron chi connectivity index (χ4n) is 1.40. The van der Waals surface area contributed by atoms with Crippen LogP contribution in [0.4, 0.5) is 8.78 Å². The number of nitrogens with one attached hydrogen (secondary N) is 1. The second kappa shape index (κ2) is 6.77. The molecule has 0 aliphatic rings. The molecule has 0 aliphatic carbocycles. The first-order chi connectivity index (χ1) is 8.97. The number of aromatic nitrogens is 1. The molecule has 1 aromatic heterocycles. The van der Waals surface area contributed by atoms with E-state index in [1.165, 1.54) is 7.05 Å². The predicted molar refractivity (Wildman–Crippen MR) is 64.4 cm³/mol. The first-order valence-electron chi connectivity index (χ1n) is 5.79. The van der Waals surface area contributed by atoms with E-state index >= 15 is 0 Å². The van der Waals surface area contributed by atoms with Gasteiger partial charge in [-0.2, -0.15) is 4.39 Å². The van der Waals surface area contributed by atoms with Crippen LogP contribution in [0, 0.1) is 11.8 Å². The lowest BCUT2D eigenvalue weighted by Crippen LogP contribution is -2.39. The van der Waals surface area contributed by atoms with E-state index in [0.29, 0.717) is 6.54 Å². The Morgan fingerprint density at radius 2 is 2.11 bits per heavy atom. The van der Waals surface area contributed by atoms with Gasteiger partial charge in [-0.05, 0) is 12.5 Å². The summed E-state index contributed by atoms with van der Waals surface area (Å²) in [4.78, 5) is 27.4. The van der Waals surface area contributed by atoms with Gasteiger partial charge in [0.2, 0.25) is 11.9 Å². The molecule has 0 unspecified atom stereocenters. The summed E-state index contributed by atoms with van der Waals surface area (Å²) >= 11 is 0. The molecule has 0 radical (unpaired) electrons. The Balaban J connectivity index is 2.72. The lowest BCUT2D eigenvalue weighted by atomic mass is 10.2. The van der Waals surface area contributed by atoms with Crippen molar-refractivity contribution in [2.45, 2.75) is 13.3 Å². The summed E-state index contributed by atoms with van der Waals surface area (Å²) < 4.78 is 26.3. The monoisotopic (exact) mass is 271 g/mol. The molecular formula is C12H15F2N3O2. The van der Waals surface area contributed by atoms with E-state index in [9.17, 15) is 18.4 Å². The highest BCUT2D eigenvalue weighted by molar-refractivity contribution is 5.96. The minimum Gasteiger partial charge on any atom is -0.355 e. The summed E-state index contributed by atoms with van der Waals surface area (Å²) in [5.41, 5.74) is -0.446. The molecule has 0 aliphatic heterocycles. The number of pyridine rings is 1. The molecule has 1 N–H and O–H groups in total. The van der Waals surface area contributed by atoms with Gasteiger partial charge < -0.3 is 10.2 Å². The molecule has 0 bridgehead atoms. The van der Waals surface area contributed by atoms with E-state index in [1.807, 2.05) is 6.92 Å².